The lowest BCUT2D eigenvalue weighted by molar-refractivity contribution is -0.111. The molecule has 0 aromatic rings. The van der Waals surface area contributed by atoms with Gasteiger partial charge < -0.3 is 0 Å². The lowest BCUT2D eigenvalue weighted by Gasteiger charge is -1.95. The first-order chi connectivity index (χ1) is 6.70. The van der Waals surface area contributed by atoms with E-state index < -0.39 is 0 Å². The first kappa shape index (κ1) is 12.9. The summed E-state index contributed by atoms with van der Waals surface area (Å²) in [5.74, 6) is 0. The van der Waals surface area contributed by atoms with E-state index in [9.17, 15) is 4.79 Å². The largest absolute Gasteiger partial charge is 0.281 e. The fraction of sp³-hybridized carbons (Fsp3) is 0.250. The molecule has 0 fully saturated rings. The molecular weight excluding hydrogens is 196 g/mol. The van der Waals surface area contributed by atoms with Gasteiger partial charge in [-0.2, -0.15) is 0 Å². The number of halogens is 1. The molecule has 14 heavy (non-hydrogen) atoms. The molecule has 0 rings (SSSR count). The minimum absolute atomic E-state index is 0.310. The molecule has 0 N–H and O–H groups in total. The monoisotopic (exact) mass is 210 g/mol. The van der Waals surface area contributed by atoms with Gasteiger partial charge in [0.2, 0.25) is 5.24 Å². The molecule has 0 unspecified atom stereocenters. The molecule has 0 atom stereocenters. The van der Waals surface area contributed by atoms with E-state index >= 15 is 0 Å². The average molecular weight is 211 g/mol. The van der Waals surface area contributed by atoms with Gasteiger partial charge >= 0.3 is 0 Å². The second-order valence-electron chi connectivity index (χ2n) is 2.71. The highest BCUT2D eigenvalue weighted by molar-refractivity contribution is 6.63. The van der Waals surface area contributed by atoms with Crippen LogP contribution in [-0.2, 0) is 4.79 Å². The second kappa shape index (κ2) is 8.52. The Balaban J connectivity index is 4.11. The number of hydrogen-bond donors (Lipinski definition) is 0. The van der Waals surface area contributed by atoms with Gasteiger partial charge in [0, 0.05) is 6.42 Å². The molecule has 0 radical (unpaired) electrons. The summed E-state index contributed by atoms with van der Waals surface area (Å²) >= 11 is 5.23. The highest BCUT2D eigenvalue weighted by atomic mass is 35.5. The van der Waals surface area contributed by atoms with Crippen molar-refractivity contribution in [2.75, 3.05) is 0 Å². The summed E-state index contributed by atoms with van der Waals surface area (Å²) in [6, 6.07) is 0. The van der Waals surface area contributed by atoms with Gasteiger partial charge in [-0.05, 0) is 30.5 Å². The maximum atomic E-state index is 10.5. The van der Waals surface area contributed by atoms with Crippen molar-refractivity contribution in [2.45, 2.75) is 19.8 Å². The van der Waals surface area contributed by atoms with Crippen LogP contribution in [0.15, 0.2) is 48.6 Å². The Morgan fingerprint density at radius 2 is 2.00 bits per heavy atom. The third-order valence-corrected chi connectivity index (χ3v) is 1.79. The summed E-state index contributed by atoms with van der Waals surface area (Å²) in [6.45, 7) is 5.62. The van der Waals surface area contributed by atoms with Crippen LogP contribution < -0.4 is 0 Å². The van der Waals surface area contributed by atoms with Crippen molar-refractivity contribution in [3.8, 4) is 0 Å². The molecule has 0 aromatic carbocycles. The first-order valence-corrected chi connectivity index (χ1v) is 4.87. The predicted molar refractivity (Wildman–Crippen MR) is 62.3 cm³/mol. The third kappa shape index (κ3) is 7.56. The van der Waals surface area contributed by atoms with E-state index in [-0.39, 0.29) is 5.24 Å². The van der Waals surface area contributed by atoms with E-state index in [4.69, 9.17) is 11.6 Å². The third-order valence-electron chi connectivity index (χ3n) is 1.60. The molecule has 0 bridgehead atoms. The van der Waals surface area contributed by atoms with Gasteiger partial charge in [-0.1, -0.05) is 43.0 Å². The minimum Gasteiger partial charge on any atom is -0.281 e. The van der Waals surface area contributed by atoms with Crippen LogP contribution in [0.5, 0.6) is 0 Å². The Morgan fingerprint density at radius 1 is 1.29 bits per heavy atom. The molecule has 1 nitrogen and oxygen atoms in total. The number of carbonyl (C=O) groups excluding carboxylic acids is 1. The van der Waals surface area contributed by atoms with Crippen molar-refractivity contribution in [1.82, 2.24) is 0 Å². The predicted octanol–water partition coefficient (Wildman–Crippen LogP) is 3.78. The van der Waals surface area contributed by atoms with Crippen molar-refractivity contribution in [2.24, 2.45) is 0 Å². The van der Waals surface area contributed by atoms with E-state index in [2.05, 4.69) is 6.58 Å². The maximum absolute atomic E-state index is 10.5. The number of hydrogen-bond acceptors (Lipinski definition) is 1. The van der Waals surface area contributed by atoms with E-state index in [0.29, 0.717) is 12.8 Å². The van der Waals surface area contributed by atoms with Crippen LogP contribution >= 0.6 is 11.6 Å². The van der Waals surface area contributed by atoms with E-state index in [0.717, 1.165) is 5.57 Å². The van der Waals surface area contributed by atoms with Gasteiger partial charge in [-0.3, -0.25) is 4.79 Å². The normalized spacial score (nSPS) is 12.6. The van der Waals surface area contributed by atoms with Crippen molar-refractivity contribution in [3.05, 3.63) is 48.6 Å². The molecule has 0 heterocycles. The molecular formula is C12H15ClO. The smallest absolute Gasteiger partial charge is 0.221 e. The Labute approximate surface area is 90.5 Å². The van der Waals surface area contributed by atoms with Crippen LogP contribution in [0, 0.1) is 0 Å². The second-order valence-corrected chi connectivity index (χ2v) is 3.13. The standard InChI is InChI=1S/C12H15ClO/c1-3-5-6-7-8-11(4-2)9-10-12(13)14/h3-8H,2,9-10H2,1H3/b5-3-,7-6-,11-8+. The van der Waals surface area contributed by atoms with Crippen molar-refractivity contribution in [3.63, 3.8) is 0 Å². The molecule has 0 aromatic heterocycles. The SMILES string of the molecule is C=C\C(=C/C=C\C=C/C)CCC(=O)Cl. The summed E-state index contributed by atoms with van der Waals surface area (Å²) in [6.07, 6.45) is 12.4. The molecule has 76 valence electrons. The zero-order valence-electron chi connectivity index (χ0n) is 8.37. The van der Waals surface area contributed by atoms with Crippen LogP contribution in [0.3, 0.4) is 0 Å². The topological polar surface area (TPSA) is 17.1 Å². The highest BCUT2D eigenvalue weighted by Crippen LogP contribution is 2.08. The number of rotatable bonds is 6. The minimum atomic E-state index is -0.310. The zero-order valence-corrected chi connectivity index (χ0v) is 9.13. The Bertz CT molecular complexity index is 272. The molecule has 0 saturated carbocycles. The van der Waals surface area contributed by atoms with Crippen LogP contribution in [0.4, 0.5) is 0 Å². The Morgan fingerprint density at radius 3 is 2.50 bits per heavy atom. The van der Waals surface area contributed by atoms with Gasteiger partial charge in [0.1, 0.15) is 0 Å². The Kier molecular flexibility index (Phi) is 7.86. The Hall–Kier alpha value is -1.08. The van der Waals surface area contributed by atoms with Crippen LogP contribution in [-0.4, -0.2) is 5.24 Å². The molecule has 2 heteroatoms. The van der Waals surface area contributed by atoms with Gasteiger partial charge in [-0.25, -0.2) is 0 Å². The zero-order chi connectivity index (χ0) is 10.8. The van der Waals surface area contributed by atoms with Gasteiger partial charge in [0.05, 0.1) is 0 Å². The highest BCUT2D eigenvalue weighted by Gasteiger charge is 1.96. The average Bonchev–Trinajstić information content (AvgIpc) is 2.16. The van der Waals surface area contributed by atoms with Crippen molar-refractivity contribution in [1.29, 1.82) is 0 Å². The lowest BCUT2D eigenvalue weighted by Crippen LogP contribution is -1.86. The molecule has 0 aliphatic heterocycles. The van der Waals surface area contributed by atoms with Crippen molar-refractivity contribution >= 4 is 16.8 Å². The molecule has 0 saturated heterocycles. The quantitative estimate of drug-likeness (QED) is 0.482. The molecule has 0 amide bonds. The van der Waals surface area contributed by atoms with Gasteiger partial charge in [-0.15, -0.1) is 0 Å². The van der Waals surface area contributed by atoms with Crippen LogP contribution in [0.2, 0.25) is 0 Å². The lowest BCUT2D eigenvalue weighted by atomic mass is 10.1. The van der Waals surface area contributed by atoms with Gasteiger partial charge in [0.25, 0.3) is 0 Å². The summed E-state index contributed by atoms with van der Waals surface area (Å²) in [5, 5.41) is -0.310. The summed E-state index contributed by atoms with van der Waals surface area (Å²) in [7, 11) is 0. The van der Waals surface area contributed by atoms with Crippen LogP contribution in [0.1, 0.15) is 19.8 Å². The van der Waals surface area contributed by atoms with Crippen LogP contribution in [0.25, 0.3) is 0 Å². The fourth-order valence-corrected chi connectivity index (χ4v) is 0.945. The summed E-state index contributed by atoms with van der Waals surface area (Å²) < 4.78 is 0. The molecule has 0 spiro atoms. The fourth-order valence-electron chi connectivity index (χ4n) is 0.850. The number of allylic oxidation sites excluding steroid dienone is 7. The number of carbonyl (C=O) groups is 1. The first-order valence-electron chi connectivity index (χ1n) is 4.50. The van der Waals surface area contributed by atoms with E-state index in [1.807, 2.05) is 37.3 Å². The van der Waals surface area contributed by atoms with Crippen molar-refractivity contribution < 1.29 is 4.79 Å². The maximum Gasteiger partial charge on any atom is 0.221 e. The summed E-state index contributed by atoms with van der Waals surface area (Å²) in [4.78, 5) is 10.5. The summed E-state index contributed by atoms with van der Waals surface area (Å²) in [5.41, 5.74) is 1.01. The van der Waals surface area contributed by atoms with Gasteiger partial charge in [0.15, 0.2) is 0 Å². The van der Waals surface area contributed by atoms with E-state index in [1.54, 1.807) is 6.08 Å². The molecule has 0 aliphatic carbocycles. The molecule has 0 aliphatic rings. The van der Waals surface area contributed by atoms with E-state index in [1.165, 1.54) is 0 Å².